The van der Waals surface area contributed by atoms with Crippen molar-refractivity contribution >= 4 is 26.0 Å². The summed E-state index contributed by atoms with van der Waals surface area (Å²) in [5, 5.41) is 12.6. The summed E-state index contributed by atoms with van der Waals surface area (Å²) in [5.41, 5.74) is 0.567. The first kappa shape index (κ1) is 12.7. The highest BCUT2D eigenvalue weighted by atomic mass is 79.9. The van der Waals surface area contributed by atoms with E-state index in [0.717, 1.165) is 17.3 Å². The number of sulfonamides is 1. The Kier molecular flexibility index (Phi) is 2.91. The van der Waals surface area contributed by atoms with Crippen LogP contribution in [0.3, 0.4) is 0 Å². The lowest BCUT2D eigenvalue weighted by Gasteiger charge is -2.06. The van der Waals surface area contributed by atoms with Gasteiger partial charge in [-0.3, -0.25) is 9.55 Å². The van der Waals surface area contributed by atoms with Crippen LogP contribution in [0.2, 0.25) is 0 Å². The molecule has 0 aliphatic heterocycles. The Morgan fingerprint density at radius 1 is 1.32 bits per heavy atom. The average molecular weight is 344 g/mol. The van der Waals surface area contributed by atoms with Crippen molar-refractivity contribution in [3.8, 4) is 11.5 Å². The molecule has 7 nitrogen and oxygen atoms in total. The first-order chi connectivity index (χ1) is 8.97. The third-order valence-electron chi connectivity index (χ3n) is 2.79. The van der Waals surface area contributed by atoms with Crippen LogP contribution >= 0.6 is 15.9 Å². The SMILES string of the molecule is NS(=O)(=O)c1nnc(-c2ccc(Br)cn2)n1C1CC1. The summed E-state index contributed by atoms with van der Waals surface area (Å²) in [6.07, 6.45) is 3.41. The van der Waals surface area contributed by atoms with Crippen molar-refractivity contribution in [2.75, 3.05) is 0 Å². The molecule has 0 saturated heterocycles. The van der Waals surface area contributed by atoms with E-state index in [9.17, 15) is 8.42 Å². The molecule has 1 saturated carbocycles. The molecule has 2 N–H and O–H groups in total. The normalized spacial score (nSPS) is 15.7. The van der Waals surface area contributed by atoms with Crippen LogP contribution in [0.25, 0.3) is 11.5 Å². The molecule has 0 spiro atoms. The van der Waals surface area contributed by atoms with Crippen molar-refractivity contribution in [2.24, 2.45) is 5.14 Å². The van der Waals surface area contributed by atoms with Crippen LogP contribution in [0.1, 0.15) is 18.9 Å². The number of nitrogens with zero attached hydrogens (tertiary/aromatic N) is 4. The Labute approximate surface area is 118 Å². The number of hydrogen-bond acceptors (Lipinski definition) is 5. The summed E-state index contributed by atoms with van der Waals surface area (Å²) in [5.74, 6) is 0.430. The standard InChI is InChI=1S/C10H10BrN5O2S/c11-6-1-4-8(13-5-6)9-14-15-10(19(12,17)18)16(9)7-2-3-7/h1,4-5,7H,2-3H2,(H2,12,17,18). The summed E-state index contributed by atoms with van der Waals surface area (Å²) in [4.78, 5) is 4.21. The van der Waals surface area contributed by atoms with E-state index in [1.165, 1.54) is 0 Å². The van der Waals surface area contributed by atoms with Gasteiger partial charge in [-0.05, 0) is 40.9 Å². The molecule has 19 heavy (non-hydrogen) atoms. The third kappa shape index (κ3) is 2.40. The summed E-state index contributed by atoms with van der Waals surface area (Å²) in [6.45, 7) is 0. The summed E-state index contributed by atoms with van der Waals surface area (Å²) in [7, 11) is -3.88. The summed E-state index contributed by atoms with van der Waals surface area (Å²) >= 11 is 3.29. The molecule has 0 radical (unpaired) electrons. The molecule has 9 heteroatoms. The van der Waals surface area contributed by atoms with Crippen LogP contribution in [0.5, 0.6) is 0 Å². The Morgan fingerprint density at radius 2 is 2.05 bits per heavy atom. The average Bonchev–Trinajstić information content (AvgIpc) is 3.07. The number of nitrogens with two attached hydrogens (primary N) is 1. The summed E-state index contributed by atoms with van der Waals surface area (Å²) < 4.78 is 25.4. The maximum atomic E-state index is 11.5. The Bertz CT molecular complexity index is 721. The minimum Gasteiger partial charge on any atom is -0.292 e. The van der Waals surface area contributed by atoms with Gasteiger partial charge in [-0.25, -0.2) is 13.6 Å². The molecular weight excluding hydrogens is 334 g/mol. The molecule has 0 unspecified atom stereocenters. The molecule has 1 aliphatic rings. The van der Waals surface area contributed by atoms with Crippen LogP contribution in [0.4, 0.5) is 0 Å². The second-order valence-electron chi connectivity index (χ2n) is 4.31. The van der Waals surface area contributed by atoms with Gasteiger partial charge in [-0.15, -0.1) is 10.2 Å². The highest BCUT2D eigenvalue weighted by Gasteiger charge is 2.33. The molecule has 2 aromatic heterocycles. The molecule has 2 heterocycles. The smallest absolute Gasteiger partial charge is 0.273 e. The highest BCUT2D eigenvalue weighted by molar-refractivity contribution is 9.10. The second-order valence-corrected chi connectivity index (χ2v) is 6.68. The van der Waals surface area contributed by atoms with Gasteiger partial charge in [0, 0.05) is 16.7 Å². The van der Waals surface area contributed by atoms with E-state index >= 15 is 0 Å². The number of hydrogen-bond donors (Lipinski definition) is 1. The third-order valence-corrected chi connectivity index (χ3v) is 4.04. The van der Waals surface area contributed by atoms with Gasteiger partial charge in [0.25, 0.3) is 15.2 Å². The van der Waals surface area contributed by atoms with E-state index in [1.54, 1.807) is 16.8 Å². The fourth-order valence-corrected chi connectivity index (χ4v) is 2.71. The Hall–Kier alpha value is -1.32. The maximum absolute atomic E-state index is 11.5. The predicted octanol–water partition coefficient (Wildman–Crippen LogP) is 1.08. The highest BCUT2D eigenvalue weighted by Crippen LogP contribution is 2.39. The van der Waals surface area contributed by atoms with E-state index in [0.29, 0.717) is 11.5 Å². The van der Waals surface area contributed by atoms with E-state index in [-0.39, 0.29) is 11.2 Å². The van der Waals surface area contributed by atoms with Crippen molar-refractivity contribution in [3.05, 3.63) is 22.8 Å². The van der Waals surface area contributed by atoms with Crippen molar-refractivity contribution in [1.29, 1.82) is 0 Å². The van der Waals surface area contributed by atoms with Crippen molar-refractivity contribution in [2.45, 2.75) is 24.0 Å². The van der Waals surface area contributed by atoms with Gasteiger partial charge in [-0.2, -0.15) is 0 Å². The topological polar surface area (TPSA) is 104 Å². The second kappa shape index (κ2) is 4.36. The van der Waals surface area contributed by atoms with E-state index in [4.69, 9.17) is 5.14 Å². The van der Waals surface area contributed by atoms with Crippen molar-refractivity contribution in [1.82, 2.24) is 19.7 Å². The molecule has 0 amide bonds. The maximum Gasteiger partial charge on any atom is 0.273 e. The minimum atomic E-state index is -3.88. The molecular formula is C10H10BrN5O2S. The monoisotopic (exact) mass is 343 g/mol. The molecule has 1 aliphatic carbocycles. The molecule has 0 bridgehead atoms. The van der Waals surface area contributed by atoms with Gasteiger partial charge < -0.3 is 0 Å². The summed E-state index contributed by atoms with van der Waals surface area (Å²) in [6, 6.07) is 3.65. The van der Waals surface area contributed by atoms with E-state index in [2.05, 4.69) is 31.1 Å². The van der Waals surface area contributed by atoms with Crippen LogP contribution in [-0.4, -0.2) is 28.2 Å². The lowest BCUT2D eigenvalue weighted by atomic mass is 10.3. The van der Waals surface area contributed by atoms with E-state index < -0.39 is 10.0 Å². The number of halogens is 1. The largest absolute Gasteiger partial charge is 0.292 e. The number of primary sulfonamides is 1. The van der Waals surface area contributed by atoms with Gasteiger partial charge in [0.2, 0.25) is 0 Å². The van der Waals surface area contributed by atoms with Crippen LogP contribution in [0, 0.1) is 0 Å². The van der Waals surface area contributed by atoms with Crippen molar-refractivity contribution in [3.63, 3.8) is 0 Å². The lowest BCUT2D eigenvalue weighted by molar-refractivity contribution is 0.567. The first-order valence-corrected chi connectivity index (χ1v) is 7.90. The minimum absolute atomic E-state index is 0.0868. The van der Waals surface area contributed by atoms with Crippen LogP contribution in [0.15, 0.2) is 28.0 Å². The first-order valence-electron chi connectivity index (χ1n) is 5.56. The quantitative estimate of drug-likeness (QED) is 0.897. The predicted molar refractivity (Wildman–Crippen MR) is 70.6 cm³/mol. The van der Waals surface area contributed by atoms with Gasteiger partial charge in [0.05, 0.1) is 0 Å². The zero-order valence-electron chi connectivity index (χ0n) is 9.69. The molecule has 3 rings (SSSR count). The van der Waals surface area contributed by atoms with E-state index in [1.807, 2.05) is 6.07 Å². The van der Waals surface area contributed by atoms with Gasteiger partial charge in [0.15, 0.2) is 5.82 Å². The fourth-order valence-electron chi connectivity index (χ4n) is 1.82. The Balaban J connectivity index is 2.17. The number of aromatic nitrogens is 4. The Morgan fingerprint density at radius 3 is 2.58 bits per heavy atom. The lowest BCUT2D eigenvalue weighted by Crippen LogP contribution is -2.18. The van der Waals surface area contributed by atoms with Gasteiger partial charge in [0.1, 0.15) is 5.69 Å². The number of pyridine rings is 1. The number of rotatable bonds is 3. The molecule has 0 aromatic carbocycles. The van der Waals surface area contributed by atoms with Crippen LogP contribution in [-0.2, 0) is 10.0 Å². The van der Waals surface area contributed by atoms with Gasteiger partial charge in [-0.1, -0.05) is 0 Å². The zero-order valence-corrected chi connectivity index (χ0v) is 12.1. The fraction of sp³-hybridized carbons (Fsp3) is 0.300. The molecule has 2 aromatic rings. The van der Waals surface area contributed by atoms with Gasteiger partial charge >= 0.3 is 0 Å². The van der Waals surface area contributed by atoms with Crippen molar-refractivity contribution < 1.29 is 8.42 Å². The zero-order chi connectivity index (χ0) is 13.6. The molecule has 100 valence electrons. The molecule has 1 fully saturated rings. The van der Waals surface area contributed by atoms with Crippen LogP contribution < -0.4 is 5.14 Å². The molecule has 0 atom stereocenters.